The quantitative estimate of drug-likeness (QED) is 0.722. The van der Waals surface area contributed by atoms with Gasteiger partial charge in [-0.1, -0.05) is 0 Å². The standard InChI is InChI=1S/C10H19NO3/c1-9(2)13-5-8(14-9)4-10(12-3)6-11-7-10/h8,11H,4-7H2,1-3H3. The van der Waals surface area contributed by atoms with Crippen LogP contribution < -0.4 is 5.32 Å². The van der Waals surface area contributed by atoms with E-state index in [1.54, 1.807) is 7.11 Å². The number of rotatable bonds is 3. The highest BCUT2D eigenvalue weighted by Crippen LogP contribution is 2.30. The molecule has 0 spiro atoms. The van der Waals surface area contributed by atoms with Gasteiger partial charge in [-0.25, -0.2) is 0 Å². The van der Waals surface area contributed by atoms with E-state index in [-0.39, 0.29) is 11.7 Å². The summed E-state index contributed by atoms with van der Waals surface area (Å²) in [5, 5.41) is 3.23. The normalized spacial score (nSPS) is 34.1. The average Bonchev–Trinajstić information content (AvgIpc) is 2.38. The van der Waals surface area contributed by atoms with Gasteiger partial charge in [-0.3, -0.25) is 0 Å². The summed E-state index contributed by atoms with van der Waals surface area (Å²) in [5.74, 6) is -0.420. The highest BCUT2D eigenvalue weighted by atomic mass is 16.7. The van der Waals surface area contributed by atoms with Crippen molar-refractivity contribution in [1.82, 2.24) is 5.32 Å². The SMILES string of the molecule is COC1(CC2COC(C)(C)O2)CNC1. The molecule has 0 amide bonds. The lowest BCUT2D eigenvalue weighted by molar-refractivity contribution is -0.151. The predicted octanol–water partition coefficient (Wildman–Crippen LogP) is 0.516. The maximum Gasteiger partial charge on any atom is 0.163 e. The number of ether oxygens (including phenoxy) is 3. The summed E-state index contributed by atoms with van der Waals surface area (Å²) >= 11 is 0. The topological polar surface area (TPSA) is 39.7 Å². The van der Waals surface area contributed by atoms with Crippen molar-refractivity contribution in [3.05, 3.63) is 0 Å². The predicted molar refractivity (Wildman–Crippen MR) is 52.1 cm³/mol. The molecule has 1 unspecified atom stereocenters. The molecule has 2 aliphatic rings. The zero-order chi connectivity index (χ0) is 10.2. The highest BCUT2D eigenvalue weighted by Gasteiger charge is 2.43. The Morgan fingerprint density at radius 3 is 2.50 bits per heavy atom. The first kappa shape index (κ1) is 10.4. The highest BCUT2D eigenvalue weighted by molar-refractivity contribution is 4.97. The van der Waals surface area contributed by atoms with Gasteiger partial charge in [0.2, 0.25) is 0 Å². The molecular weight excluding hydrogens is 182 g/mol. The van der Waals surface area contributed by atoms with Crippen molar-refractivity contribution in [2.75, 3.05) is 26.8 Å². The first-order valence-corrected chi connectivity index (χ1v) is 5.13. The van der Waals surface area contributed by atoms with Crippen molar-refractivity contribution in [2.24, 2.45) is 0 Å². The molecule has 14 heavy (non-hydrogen) atoms. The van der Waals surface area contributed by atoms with E-state index >= 15 is 0 Å². The summed E-state index contributed by atoms with van der Waals surface area (Å²) in [7, 11) is 1.77. The van der Waals surface area contributed by atoms with Crippen LogP contribution in [0.25, 0.3) is 0 Å². The third-order valence-electron chi connectivity index (χ3n) is 2.99. The fourth-order valence-corrected chi connectivity index (χ4v) is 2.05. The van der Waals surface area contributed by atoms with Crippen molar-refractivity contribution in [3.8, 4) is 0 Å². The monoisotopic (exact) mass is 201 g/mol. The van der Waals surface area contributed by atoms with Crippen LogP contribution in [0.3, 0.4) is 0 Å². The third kappa shape index (κ3) is 1.93. The first-order valence-electron chi connectivity index (χ1n) is 5.13. The van der Waals surface area contributed by atoms with Gasteiger partial charge in [-0.15, -0.1) is 0 Å². The smallest absolute Gasteiger partial charge is 0.163 e. The summed E-state index contributed by atoms with van der Waals surface area (Å²) in [4.78, 5) is 0. The zero-order valence-electron chi connectivity index (χ0n) is 9.13. The lowest BCUT2D eigenvalue weighted by Gasteiger charge is -2.42. The molecule has 0 aromatic rings. The Bertz CT molecular complexity index is 208. The minimum atomic E-state index is -0.420. The minimum Gasteiger partial charge on any atom is -0.375 e. The second kappa shape index (κ2) is 3.45. The van der Waals surface area contributed by atoms with Gasteiger partial charge < -0.3 is 19.5 Å². The molecule has 2 fully saturated rings. The molecule has 82 valence electrons. The first-order chi connectivity index (χ1) is 6.55. The van der Waals surface area contributed by atoms with Crippen LogP contribution in [0.5, 0.6) is 0 Å². The maximum atomic E-state index is 5.75. The summed E-state index contributed by atoms with van der Waals surface area (Å²) in [6.07, 6.45) is 1.09. The molecule has 2 aliphatic heterocycles. The molecule has 4 heteroatoms. The molecule has 0 saturated carbocycles. The van der Waals surface area contributed by atoms with E-state index in [4.69, 9.17) is 14.2 Å². The van der Waals surface area contributed by atoms with E-state index < -0.39 is 5.79 Å². The summed E-state index contributed by atoms with van der Waals surface area (Å²) < 4.78 is 16.8. The number of hydrogen-bond acceptors (Lipinski definition) is 4. The van der Waals surface area contributed by atoms with Crippen molar-refractivity contribution in [1.29, 1.82) is 0 Å². The summed E-state index contributed by atoms with van der Waals surface area (Å²) in [5.41, 5.74) is -0.0194. The molecule has 0 aromatic heterocycles. The Hall–Kier alpha value is -0.160. The Morgan fingerprint density at radius 1 is 1.43 bits per heavy atom. The molecule has 1 atom stereocenters. The zero-order valence-corrected chi connectivity index (χ0v) is 9.13. The van der Waals surface area contributed by atoms with E-state index in [2.05, 4.69) is 5.32 Å². The van der Waals surface area contributed by atoms with Gasteiger partial charge in [0.1, 0.15) is 0 Å². The van der Waals surface area contributed by atoms with Crippen LogP contribution in [0.15, 0.2) is 0 Å². The minimum absolute atomic E-state index is 0.0194. The van der Waals surface area contributed by atoms with Gasteiger partial charge in [0.25, 0.3) is 0 Å². The Balaban J connectivity index is 1.86. The Labute approximate surface area is 84.9 Å². The Morgan fingerprint density at radius 2 is 2.14 bits per heavy atom. The van der Waals surface area contributed by atoms with E-state index in [0.717, 1.165) is 19.5 Å². The number of hydrogen-bond donors (Lipinski definition) is 1. The summed E-state index contributed by atoms with van der Waals surface area (Å²) in [6, 6.07) is 0. The molecule has 4 nitrogen and oxygen atoms in total. The molecule has 2 heterocycles. The van der Waals surface area contributed by atoms with E-state index in [1.165, 1.54) is 0 Å². The van der Waals surface area contributed by atoms with Gasteiger partial charge in [0, 0.05) is 26.6 Å². The van der Waals surface area contributed by atoms with Crippen molar-refractivity contribution in [3.63, 3.8) is 0 Å². The summed E-state index contributed by atoms with van der Waals surface area (Å²) in [6.45, 7) is 6.42. The molecule has 0 aromatic carbocycles. The lowest BCUT2D eigenvalue weighted by Crippen LogP contribution is -2.62. The molecule has 1 N–H and O–H groups in total. The largest absolute Gasteiger partial charge is 0.375 e. The second-order valence-electron chi connectivity index (χ2n) is 4.65. The van der Waals surface area contributed by atoms with Gasteiger partial charge >= 0.3 is 0 Å². The van der Waals surface area contributed by atoms with Crippen LogP contribution in [0.4, 0.5) is 0 Å². The average molecular weight is 201 g/mol. The van der Waals surface area contributed by atoms with Crippen LogP contribution >= 0.6 is 0 Å². The molecular formula is C10H19NO3. The van der Waals surface area contributed by atoms with Crippen molar-refractivity contribution < 1.29 is 14.2 Å². The Kier molecular flexibility index (Phi) is 2.55. The van der Waals surface area contributed by atoms with Crippen LogP contribution in [-0.4, -0.2) is 44.3 Å². The molecule has 2 saturated heterocycles. The molecule has 0 radical (unpaired) electrons. The van der Waals surface area contributed by atoms with Crippen LogP contribution in [0.1, 0.15) is 20.3 Å². The number of nitrogens with one attached hydrogen (secondary N) is 1. The van der Waals surface area contributed by atoms with Crippen LogP contribution in [-0.2, 0) is 14.2 Å². The maximum absolute atomic E-state index is 5.75. The second-order valence-corrected chi connectivity index (χ2v) is 4.65. The molecule has 2 rings (SSSR count). The van der Waals surface area contributed by atoms with E-state index in [9.17, 15) is 0 Å². The van der Waals surface area contributed by atoms with Gasteiger partial charge in [0.05, 0.1) is 18.3 Å². The fraction of sp³-hybridized carbons (Fsp3) is 1.00. The van der Waals surface area contributed by atoms with Gasteiger partial charge in [0.15, 0.2) is 5.79 Å². The van der Waals surface area contributed by atoms with E-state index in [0.29, 0.717) is 6.61 Å². The van der Waals surface area contributed by atoms with Gasteiger partial charge in [-0.2, -0.15) is 0 Å². The van der Waals surface area contributed by atoms with Gasteiger partial charge in [-0.05, 0) is 13.8 Å². The lowest BCUT2D eigenvalue weighted by atomic mass is 9.90. The van der Waals surface area contributed by atoms with Crippen molar-refractivity contribution >= 4 is 0 Å². The number of methoxy groups -OCH3 is 1. The van der Waals surface area contributed by atoms with Crippen LogP contribution in [0.2, 0.25) is 0 Å². The van der Waals surface area contributed by atoms with Crippen LogP contribution in [0, 0.1) is 0 Å². The fourth-order valence-electron chi connectivity index (χ4n) is 2.05. The molecule has 0 aliphatic carbocycles. The van der Waals surface area contributed by atoms with E-state index in [1.807, 2.05) is 13.8 Å². The molecule has 0 bridgehead atoms. The third-order valence-corrected chi connectivity index (χ3v) is 2.99. The van der Waals surface area contributed by atoms with Crippen molar-refractivity contribution in [2.45, 2.75) is 37.8 Å².